The topological polar surface area (TPSA) is 54.0 Å². The SMILES string of the molecule is CN1CCO[C@@H]2CCN(C(=O)Nc3cccc(-c4ccc5c(c4)CCO5)c3)C[C@H]21. The van der Waals surface area contributed by atoms with Crippen LogP contribution in [0.5, 0.6) is 5.75 Å². The number of fused-ring (bicyclic) bond motifs is 2. The van der Waals surface area contributed by atoms with Gasteiger partial charge in [-0.05, 0) is 54.4 Å². The number of amides is 2. The van der Waals surface area contributed by atoms with Gasteiger partial charge >= 0.3 is 6.03 Å². The van der Waals surface area contributed by atoms with Gasteiger partial charge in [-0.15, -0.1) is 0 Å². The van der Waals surface area contributed by atoms with E-state index in [1.807, 2.05) is 29.2 Å². The second-order valence-electron chi connectivity index (χ2n) is 8.12. The zero-order valence-corrected chi connectivity index (χ0v) is 16.8. The molecule has 5 rings (SSSR count). The monoisotopic (exact) mass is 393 g/mol. The molecule has 3 heterocycles. The number of hydrogen-bond donors (Lipinski definition) is 1. The third-order valence-corrected chi connectivity index (χ3v) is 6.29. The minimum Gasteiger partial charge on any atom is -0.493 e. The summed E-state index contributed by atoms with van der Waals surface area (Å²) in [6.07, 6.45) is 2.08. The molecule has 0 saturated carbocycles. The van der Waals surface area contributed by atoms with Crippen LogP contribution in [0, 0.1) is 0 Å². The fraction of sp³-hybridized carbons (Fsp3) is 0.435. The van der Waals surface area contributed by atoms with Crippen LogP contribution in [-0.4, -0.2) is 67.9 Å². The van der Waals surface area contributed by atoms with E-state index >= 15 is 0 Å². The zero-order chi connectivity index (χ0) is 19.8. The number of urea groups is 1. The molecule has 2 saturated heterocycles. The Morgan fingerprint density at radius 1 is 1.10 bits per heavy atom. The van der Waals surface area contributed by atoms with Gasteiger partial charge in [-0.1, -0.05) is 18.2 Å². The van der Waals surface area contributed by atoms with E-state index in [9.17, 15) is 4.79 Å². The van der Waals surface area contributed by atoms with E-state index in [1.165, 1.54) is 5.56 Å². The maximum Gasteiger partial charge on any atom is 0.321 e. The highest BCUT2D eigenvalue weighted by Gasteiger charge is 2.36. The van der Waals surface area contributed by atoms with Crippen molar-refractivity contribution in [2.24, 2.45) is 0 Å². The van der Waals surface area contributed by atoms with Crippen molar-refractivity contribution in [3.8, 4) is 16.9 Å². The molecule has 0 aliphatic carbocycles. The lowest BCUT2D eigenvalue weighted by atomic mass is 9.99. The molecule has 2 atom stereocenters. The number of hydrogen-bond acceptors (Lipinski definition) is 4. The molecule has 0 bridgehead atoms. The van der Waals surface area contributed by atoms with Crippen LogP contribution >= 0.6 is 0 Å². The molecule has 152 valence electrons. The van der Waals surface area contributed by atoms with Crippen LogP contribution in [0.2, 0.25) is 0 Å². The van der Waals surface area contributed by atoms with Crippen LogP contribution in [0.15, 0.2) is 42.5 Å². The second kappa shape index (κ2) is 7.69. The lowest BCUT2D eigenvalue weighted by Gasteiger charge is -2.45. The van der Waals surface area contributed by atoms with Gasteiger partial charge in [0, 0.05) is 31.7 Å². The second-order valence-corrected chi connectivity index (χ2v) is 8.12. The minimum absolute atomic E-state index is 0.0399. The molecule has 3 aliphatic heterocycles. The van der Waals surface area contributed by atoms with Crippen molar-refractivity contribution in [2.75, 3.05) is 45.2 Å². The van der Waals surface area contributed by atoms with Gasteiger partial charge in [0.05, 0.1) is 25.4 Å². The van der Waals surface area contributed by atoms with Gasteiger partial charge < -0.3 is 19.7 Å². The predicted octanol–water partition coefficient (Wildman–Crippen LogP) is 3.23. The quantitative estimate of drug-likeness (QED) is 0.851. The molecule has 6 nitrogen and oxygen atoms in total. The van der Waals surface area contributed by atoms with Gasteiger partial charge in [-0.3, -0.25) is 4.90 Å². The Labute approximate surface area is 171 Å². The number of morpholine rings is 1. The summed E-state index contributed by atoms with van der Waals surface area (Å²) in [5, 5.41) is 3.09. The summed E-state index contributed by atoms with van der Waals surface area (Å²) in [5.74, 6) is 0.985. The molecule has 2 fully saturated rings. The number of ether oxygens (including phenoxy) is 2. The van der Waals surface area contributed by atoms with E-state index in [0.29, 0.717) is 6.54 Å². The standard InChI is InChI=1S/C23H27N3O3/c1-25-10-12-29-22-7-9-26(15-20(22)25)23(27)24-19-4-2-3-16(14-19)17-5-6-21-18(13-17)8-11-28-21/h2-6,13-14,20,22H,7-12,15H2,1H3,(H,24,27)/t20-,22-/m1/s1. The van der Waals surface area contributed by atoms with Crippen LogP contribution < -0.4 is 10.1 Å². The Bertz CT molecular complexity index is 916. The first-order valence-electron chi connectivity index (χ1n) is 10.4. The van der Waals surface area contributed by atoms with Crippen LogP contribution in [0.4, 0.5) is 10.5 Å². The third-order valence-electron chi connectivity index (χ3n) is 6.29. The van der Waals surface area contributed by atoms with Crippen molar-refractivity contribution in [3.05, 3.63) is 48.0 Å². The lowest BCUT2D eigenvalue weighted by Crippen LogP contribution is -2.60. The Morgan fingerprint density at radius 3 is 2.93 bits per heavy atom. The molecule has 0 aromatic heterocycles. The van der Waals surface area contributed by atoms with Crippen molar-refractivity contribution in [1.82, 2.24) is 9.80 Å². The van der Waals surface area contributed by atoms with Gasteiger partial charge in [0.25, 0.3) is 0 Å². The first kappa shape index (κ1) is 18.5. The van der Waals surface area contributed by atoms with Crippen LogP contribution in [0.1, 0.15) is 12.0 Å². The number of likely N-dealkylation sites (tertiary alicyclic amines) is 1. The number of nitrogens with zero attached hydrogens (tertiary/aromatic N) is 2. The van der Waals surface area contributed by atoms with Crippen LogP contribution in [-0.2, 0) is 11.2 Å². The molecule has 0 radical (unpaired) electrons. The number of piperidine rings is 1. The van der Waals surface area contributed by atoms with E-state index in [1.54, 1.807) is 0 Å². The molecule has 1 N–H and O–H groups in total. The number of carbonyl (C=O) groups excluding carboxylic acids is 1. The average Bonchev–Trinajstić information content (AvgIpc) is 3.22. The number of carbonyl (C=O) groups is 1. The number of nitrogens with one attached hydrogen (secondary N) is 1. The molecule has 2 amide bonds. The minimum atomic E-state index is -0.0399. The van der Waals surface area contributed by atoms with Gasteiger partial charge in [0.1, 0.15) is 5.75 Å². The predicted molar refractivity (Wildman–Crippen MR) is 112 cm³/mol. The van der Waals surface area contributed by atoms with Crippen molar-refractivity contribution >= 4 is 11.7 Å². The van der Waals surface area contributed by atoms with E-state index in [-0.39, 0.29) is 18.2 Å². The first-order valence-corrected chi connectivity index (χ1v) is 10.4. The first-order chi connectivity index (χ1) is 14.2. The molecule has 0 unspecified atom stereocenters. The summed E-state index contributed by atoms with van der Waals surface area (Å²) in [4.78, 5) is 17.1. The number of rotatable bonds is 2. The Morgan fingerprint density at radius 2 is 2.00 bits per heavy atom. The van der Waals surface area contributed by atoms with Gasteiger partial charge in [0.15, 0.2) is 0 Å². The van der Waals surface area contributed by atoms with Gasteiger partial charge in [-0.25, -0.2) is 4.79 Å². The van der Waals surface area contributed by atoms with Crippen molar-refractivity contribution in [1.29, 1.82) is 0 Å². The molecular formula is C23H27N3O3. The maximum absolute atomic E-state index is 12.9. The van der Waals surface area contributed by atoms with E-state index in [2.05, 4.69) is 35.5 Å². The molecule has 29 heavy (non-hydrogen) atoms. The van der Waals surface area contributed by atoms with Crippen molar-refractivity contribution in [3.63, 3.8) is 0 Å². The van der Waals surface area contributed by atoms with Crippen molar-refractivity contribution in [2.45, 2.75) is 25.0 Å². The zero-order valence-electron chi connectivity index (χ0n) is 16.8. The number of anilines is 1. The van der Waals surface area contributed by atoms with Gasteiger partial charge in [0.2, 0.25) is 0 Å². The lowest BCUT2D eigenvalue weighted by molar-refractivity contribution is -0.0875. The number of likely N-dealkylation sites (N-methyl/N-ethyl adjacent to an activating group) is 1. The summed E-state index contributed by atoms with van der Waals surface area (Å²) < 4.78 is 11.5. The molecule has 2 aromatic rings. The smallest absolute Gasteiger partial charge is 0.321 e. The summed E-state index contributed by atoms with van der Waals surface area (Å²) in [6, 6.07) is 14.6. The fourth-order valence-electron chi connectivity index (χ4n) is 4.57. The summed E-state index contributed by atoms with van der Waals surface area (Å²) in [6.45, 7) is 3.89. The molecule has 3 aliphatic rings. The van der Waals surface area contributed by atoms with Gasteiger partial charge in [-0.2, -0.15) is 0 Å². The molecule has 6 heteroatoms. The van der Waals surface area contributed by atoms with E-state index < -0.39 is 0 Å². The van der Waals surface area contributed by atoms with E-state index in [4.69, 9.17) is 9.47 Å². The van der Waals surface area contributed by atoms with Crippen LogP contribution in [0.3, 0.4) is 0 Å². The third kappa shape index (κ3) is 3.70. The summed E-state index contributed by atoms with van der Waals surface area (Å²) in [7, 11) is 2.12. The summed E-state index contributed by atoms with van der Waals surface area (Å²) >= 11 is 0. The molecule has 0 spiro atoms. The number of benzene rings is 2. The molecule has 2 aromatic carbocycles. The highest BCUT2D eigenvalue weighted by atomic mass is 16.5. The Kier molecular flexibility index (Phi) is 4.89. The van der Waals surface area contributed by atoms with Crippen molar-refractivity contribution < 1.29 is 14.3 Å². The summed E-state index contributed by atoms with van der Waals surface area (Å²) in [5.41, 5.74) is 4.31. The Hall–Kier alpha value is -2.57. The Balaban J connectivity index is 1.28. The largest absolute Gasteiger partial charge is 0.493 e. The average molecular weight is 393 g/mol. The fourth-order valence-corrected chi connectivity index (χ4v) is 4.57. The van der Waals surface area contributed by atoms with Crippen LogP contribution in [0.25, 0.3) is 11.1 Å². The van der Waals surface area contributed by atoms with E-state index in [0.717, 1.165) is 61.7 Å². The normalized spacial score (nSPS) is 23.8. The highest BCUT2D eigenvalue weighted by molar-refractivity contribution is 5.90. The highest BCUT2D eigenvalue weighted by Crippen LogP contribution is 2.31. The molecular weight excluding hydrogens is 366 g/mol. The maximum atomic E-state index is 12.9.